The SMILES string of the molecule is CCCC[C@H](CC)CCNCC#N. The Morgan fingerprint density at radius 2 is 2.08 bits per heavy atom. The van der Waals surface area contributed by atoms with E-state index in [1.807, 2.05) is 0 Å². The standard InChI is InChI=1S/C11H22N2/c1-3-5-6-11(4-2)7-9-13-10-8-12/h11,13H,3-7,9-10H2,1-2H3/t11-/m0/s1. The van der Waals surface area contributed by atoms with E-state index in [0.717, 1.165) is 12.5 Å². The molecule has 0 aliphatic carbocycles. The Bertz CT molecular complexity index is 138. The van der Waals surface area contributed by atoms with Crippen molar-refractivity contribution < 1.29 is 0 Å². The molecule has 76 valence electrons. The number of nitrogens with zero attached hydrogens (tertiary/aromatic N) is 1. The monoisotopic (exact) mass is 182 g/mol. The highest BCUT2D eigenvalue weighted by molar-refractivity contribution is 4.73. The van der Waals surface area contributed by atoms with Crippen LogP contribution < -0.4 is 5.32 Å². The van der Waals surface area contributed by atoms with E-state index in [4.69, 9.17) is 5.26 Å². The maximum Gasteiger partial charge on any atom is 0.0840 e. The van der Waals surface area contributed by atoms with Crippen molar-refractivity contribution in [2.75, 3.05) is 13.1 Å². The largest absolute Gasteiger partial charge is 0.304 e. The second-order valence-corrected chi connectivity index (χ2v) is 3.54. The lowest BCUT2D eigenvalue weighted by Gasteiger charge is -2.13. The molecule has 0 aromatic heterocycles. The Balaban J connectivity index is 3.32. The van der Waals surface area contributed by atoms with Gasteiger partial charge in [0.15, 0.2) is 0 Å². The molecule has 0 fully saturated rings. The minimum Gasteiger partial charge on any atom is -0.304 e. The second kappa shape index (κ2) is 9.54. The van der Waals surface area contributed by atoms with E-state index in [9.17, 15) is 0 Å². The maximum atomic E-state index is 8.32. The molecule has 1 N–H and O–H groups in total. The zero-order chi connectivity index (χ0) is 9.94. The van der Waals surface area contributed by atoms with Crippen LogP contribution in [0.15, 0.2) is 0 Å². The number of hydrogen-bond donors (Lipinski definition) is 1. The summed E-state index contributed by atoms with van der Waals surface area (Å²) in [6.07, 6.45) is 6.48. The minimum absolute atomic E-state index is 0.490. The average molecular weight is 182 g/mol. The molecular formula is C11H22N2. The van der Waals surface area contributed by atoms with Crippen LogP contribution in [0.25, 0.3) is 0 Å². The summed E-state index contributed by atoms with van der Waals surface area (Å²) in [6, 6.07) is 2.09. The lowest BCUT2D eigenvalue weighted by Crippen LogP contribution is -2.18. The fraction of sp³-hybridized carbons (Fsp3) is 0.909. The molecule has 0 bridgehead atoms. The van der Waals surface area contributed by atoms with Crippen LogP contribution in [0.2, 0.25) is 0 Å². The number of rotatable bonds is 8. The van der Waals surface area contributed by atoms with Crippen LogP contribution in [0, 0.1) is 17.2 Å². The van der Waals surface area contributed by atoms with Gasteiger partial charge in [-0.2, -0.15) is 5.26 Å². The van der Waals surface area contributed by atoms with Crippen molar-refractivity contribution in [3.05, 3.63) is 0 Å². The molecule has 0 unspecified atom stereocenters. The van der Waals surface area contributed by atoms with Crippen LogP contribution in [-0.4, -0.2) is 13.1 Å². The molecule has 0 aromatic rings. The van der Waals surface area contributed by atoms with E-state index in [1.54, 1.807) is 0 Å². The van der Waals surface area contributed by atoms with Crippen molar-refractivity contribution in [1.29, 1.82) is 5.26 Å². The summed E-state index contributed by atoms with van der Waals surface area (Å²) >= 11 is 0. The molecule has 0 aliphatic rings. The number of nitriles is 1. The van der Waals surface area contributed by atoms with Crippen LogP contribution in [0.5, 0.6) is 0 Å². The van der Waals surface area contributed by atoms with Crippen LogP contribution in [0.4, 0.5) is 0 Å². The van der Waals surface area contributed by atoms with Crippen molar-refractivity contribution >= 4 is 0 Å². The summed E-state index contributed by atoms with van der Waals surface area (Å²) in [6.45, 7) is 5.98. The van der Waals surface area contributed by atoms with Gasteiger partial charge in [0, 0.05) is 0 Å². The first-order valence-corrected chi connectivity index (χ1v) is 5.42. The molecule has 0 heterocycles. The quantitative estimate of drug-likeness (QED) is 0.463. The van der Waals surface area contributed by atoms with Gasteiger partial charge < -0.3 is 5.32 Å². The molecule has 0 spiro atoms. The summed E-state index contributed by atoms with van der Waals surface area (Å²) in [5.41, 5.74) is 0. The highest BCUT2D eigenvalue weighted by Crippen LogP contribution is 2.15. The van der Waals surface area contributed by atoms with Gasteiger partial charge in [-0.05, 0) is 18.9 Å². The van der Waals surface area contributed by atoms with Crippen molar-refractivity contribution in [2.45, 2.75) is 46.0 Å². The number of unbranched alkanes of at least 4 members (excludes halogenated alkanes) is 1. The Labute approximate surface area is 82.3 Å². The molecular weight excluding hydrogens is 160 g/mol. The molecule has 0 saturated carbocycles. The van der Waals surface area contributed by atoms with Gasteiger partial charge >= 0.3 is 0 Å². The van der Waals surface area contributed by atoms with E-state index in [0.29, 0.717) is 6.54 Å². The maximum absolute atomic E-state index is 8.32. The third-order valence-electron chi connectivity index (χ3n) is 2.48. The Morgan fingerprint density at radius 3 is 2.62 bits per heavy atom. The van der Waals surface area contributed by atoms with Gasteiger partial charge in [-0.15, -0.1) is 0 Å². The zero-order valence-corrected chi connectivity index (χ0v) is 8.97. The van der Waals surface area contributed by atoms with Gasteiger partial charge in [-0.1, -0.05) is 39.5 Å². The van der Waals surface area contributed by atoms with E-state index in [2.05, 4.69) is 25.2 Å². The first kappa shape index (κ1) is 12.4. The smallest absolute Gasteiger partial charge is 0.0840 e. The summed E-state index contributed by atoms with van der Waals surface area (Å²) in [5, 5.41) is 11.4. The fourth-order valence-corrected chi connectivity index (χ4v) is 1.50. The van der Waals surface area contributed by atoms with Crippen molar-refractivity contribution in [3.8, 4) is 6.07 Å². The zero-order valence-electron chi connectivity index (χ0n) is 8.97. The van der Waals surface area contributed by atoms with Gasteiger partial charge in [0.1, 0.15) is 0 Å². The highest BCUT2D eigenvalue weighted by Gasteiger charge is 2.04. The molecule has 0 saturated heterocycles. The van der Waals surface area contributed by atoms with E-state index in [1.165, 1.54) is 32.1 Å². The van der Waals surface area contributed by atoms with Gasteiger partial charge in [0.2, 0.25) is 0 Å². The second-order valence-electron chi connectivity index (χ2n) is 3.54. The average Bonchev–Trinajstić information content (AvgIpc) is 2.17. The molecule has 0 amide bonds. The molecule has 1 atom stereocenters. The van der Waals surface area contributed by atoms with Crippen molar-refractivity contribution in [3.63, 3.8) is 0 Å². The van der Waals surface area contributed by atoms with E-state index in [-0.39, 0.29) is 0 Å². The first-order valence-electron chi connectivity index (χ1n) is 5.42. The molecule has 13 heavy (non-hydrogen) atoms. The molecule has 0 rings (SSSR count). The van der Waals surface area contributed by atoms with E-state index >= 15 is 0 Å². The molecule has 0 aliphatic heterocycles. The lowest BCUT2D eigenvalue weighted by molar-refractivity contribution is 0.413. The molecule has 0 radical (unpaired) electrons. The van der Waals surface area contributed by atoms with E-state index < -0.39 is 0 Å². The van der Waals surface area contributed by atoms with Crippen LogP contribution in [0.3, 0.4) is 0 Å². The highest BCUT2D eigenvalue weighted by atomic mass is 14.8. The topological polar surface area (TPSA) is 35.8 Å². The predicted octanol–water partition coefficient (Wildman–Crippen LogP) is 2.71. The van der Waals surface area contributed by atoms with Crippen molar-refractivity contribution in [1.82, 2.24) is 5.32 Å². The third-order valence-corrected chi connectivity index (χ3v) is 2.48. The normalized spacial score (nSPS) is 12.4. The first-order chi connectivity index (χ1) is 6.35. The molecule has 2 nitrogen and oxygen atoms in total. The van der Waals surface area contributed by atoms with Gasteiger partial charge in [0.05, 0.1) is 12.6 Å². The number of hydrogen-bond acceptors (Lipinski definition) is 2. The van der Waals surface area contributed by atoms with Crippen LogP contribution in [0.1, 0.15) is 46.0 Å². The third kappa shape index (κ3) is 7.80. The van der Waals surface area contributed by atoms with Gasteiger partial charge in [-0.3, -0.25) is 0 Å². The minimum atomic E-state index is 0.490. The van der Waals surface area contributed by atoms with Crippen LogP contribution in [-0.2, 0) is 0 Å². The Hall–Kier alpha value is -0.550. The summed E-state index contributed by atoms with van der Waals surface area (Å²) in [7, 11) is 0. The Kier molecular flexibility index (Phi) is 9.13. The fourth-order valence-electron chi connectivity index (χ4n) is 1.50. The van der Waals surface area contributed by atoms with Gasteiger partial charge in [0.25, 0.3) is 0 Å². The summed E-state index contributed by atoms with van der Waals surface area (Å²) in [5.74, 6) is 0.853. The molecule has 0 aromatic carbocycles. The summed E-state index contributed by atoms with van der Waals surface area (Å²) < 4.78 is 0. The summed E-state index contributed by atoms with van der Waals surface area (Å²) in [4.78, 5) is 0. The van der Waals surface area contributed by atoms with Crippen LogP contribution >= 0.6 is 0 Å². The predicted molar refractivity (Wildman–Crippen MR) is 56.4 cm³/mol. The Morgan fingerprint density at radius 1 is 1.31 bits per heavy atom. The molecule has 2 heteroatoms. The van der Waals surface area contributed by atoms with Crippen molar-refractivity contribution in [2.24, 2.45) is 5.92 Å². The number of nitrogens with one attached hydrogen (secondary N) is 1. The van der Waals surface area contributed by atoms with Gasteiger partial charge in [-0.25, -0.2) is 0 Å². The lowest BCUT2D eigenvalue weighted by atomic mass is 9.96.